The van der Waals surface area contributed by atoms with Crippen molar-refractivity contribution in [3.63, 3.8) is 0 Å². The van der Waals surface area contributed by atoms with E-state index < -0.39 is 8.32 Å². The van der Waals surface area contributed by atoms with E-state index in [1.165, 1.54) is 15.6 Å². The predicted molar refractivity (Wildman–Crippen MR) is 105 cm³/mol. The minimum Gasteiger partial charge on any atom is -0.416 e. The maximum absolute atomic E-state index is 6.40. The molecule has 1 saturated heterocycles. The maximum atomic E-state index is 6.40. The standard InChI is InChI=1S/C17H29IN2OSi/c1-13-9-15(18)16(19-10-13)20-8-7-14(11-20)12-21-22(5,6)17(2,3)4/h9-10,14H,7-8,11-12H2,1-6H3. The zero-order valence-electron chi connectivity index (χ0n) is 14.7. The molecule has 1 unspecified atom stereocenters. The van der Waals surface area contributed by atoms with Gasteiger partial charge in [0.2, 0.25) is 0 Å². The second-order valence-corrected chi connectivity index (χ2v) is 14.0. The topological polar surface area (TPSA) is 25.4 Å². The summed E-state index contributed by atoms with van der Waals surface area (Å²) in [4.78, 5) is 7.05. The third-order valence-electron chi connectivity index (χ3n) is 5.03. The van der Waals surface area contributed by atoms with Crippen LogP contribution in [0.5, 0.6) is 0 Å². The van der Waals surface area contributed by atoms with Gasteiger partial charge in [0.05, 0.1) is 3.57 Å². The van der Waals surface area contributed by atoms with Gasteiger partial charge in [0.25, 0.3) is 0 Å². The van der Waals surface area contributed by atoms with Gasteiger partial charge in [0.1, 0.15) is 5.82 Å². The summed E-state index contributed by atoms with van der Waals surface area (Å²) < 4.78 is 7.65. The third kappa shape index (κ3) is 4.23. The van der Waals surface area contributed by atoms with Crippen molar-refractivity contribution in [1.82, 2.24) is 4.98 Å². The molecule has 1 aromatic heterocycles. The summed E-state index contributed by atoms with van der Waals surface area (Å²) in [5.41, 5.74) is 1.23. The van der Waals surface area contributed by atoms with Gasteiger partial charge in [-0.1, -0.05) is 20.8 Å². The highest BCUT2D eigenvalue weighted by Gasteiger charge is 2.38. The van der Waals surface area contributed by atoms with Crippen molar-refractivity contribution < 1.29 is 4.43 Å². The van der Waals surface area contributed by atoms with Crippen LogP contribution in [0.4, 0.5) is 5.82 Å². The van der Waals surface area contributed by atoms with Gasteiger partial charge in [-0.2, -0.15) is 0 Å². The van der Waals surface area contributed by atoms with Crippen LogP contribution in [0.2, 0.25) is 18.1 Å². The SMILES string of the molecule is Cc1cnc(N2CCC(CO[Si](C)(C)C(C)(C)C)C2)c(I)c1. The average molecular weight is 432 g/mol. The van der Waals surface area contributed by atoms with E-state index in [0.29, 0.717) is 11.0 Å². The van der Waals surface area contributed by atoms with E-state index in [-0.39, 0.29) is 0 Å². The van der Waals surface area contributed by atoms with Crippen LogP contribution < -0.4 is 4.90 Å². The molecule has 0 spiro atoms. The molecular weight excluding hydrogens is 403 g/mol. The molecule has 1 aromatic rings. The molecular formula is C17H29IN2OSi. The Kier molecular flexibility index (Phi) is 5.60. The van der Waals surface area contributed by atoms with Crippen LogP contribution in [0.1, 0.15) is 32.8 Å². The van der Waals surface area contributed by atoms with Crippen LogP contribution in [0.15, 0.2) is 12.3 Å². The lowest BCUT2D eigenvalue weighted by molar-refractivity contribution is 0.238. The van der Waals surface area contributed by atoms with Crippen LogP contribution in [0.25, 0.3) is 0 Å². The van der Waals surface area contributed by atoms with E-state index >= 15 is 0 Å². The second kappa shape index (κ2) is 6.77. The van der Waals surface area contributed by atoms with Crippen LogP contribution in [-0.4, -0.2) is 33.0 Å². The fourth-order valence-corrected chi connectivity index (χ4v) is 4.52. The Morgan fingerprint density at radius 1 is 1.41 bits per heavy atom. The van der Waals surface area contributed by atoms with Crippen molar-refractivity contribution in [2.45, 2.75) is 52.2 Å². The number of aryl methyl sites for hydroxylation is 1. The normalized spacial score (nSPS) is 19.8. The minimum atomic E-state index is -1.63. The summed E-state index contributed by atoms with van der Waals surface area (Å²) in [6, 6.07) is 2.21. The van der Waals surface area contributed by atoms with Crippen molar-refractivity contribution in [3.05, 3.63) is 21.4 Å². The first-order valence-electron chi connectivity index (χ1n) is 8.11. The predicted octanol–water partition coefficient (Wildman–Crippen LogP) is 4.84. The molecule has 0 amide bonds. The highest BCUT2D eigenvalue weighted by Crippen LogP contribution is 2.37. The molecule has 1 fully saturated rings. The summed E-state index contributed by atoms with van der Waals surface area (Å²) >= 11 is 2.40. The number of hydrogen-bond acceptors (Lipinski definition) is 3. The number of hydrogen-bond donors (Lipinski definition) is 0. The van der Waals surface area contributed by atoms with Crippen LogP contribution in [0.3, 0.4) is 0 Å². The van der Waals surface area contributed by atoms with Crippen LogP contribution in [0, 0.1) is 16.4 Å². The monoisotopic (exact) mass is 432 g/mol. The number of rotatable bonds is 4. The Morgan fingerprint density at radius 2 is 2.09 bits per heavy atom. The Bertz CT molecular complexity index is 528. The molecule has 2 heterocycles. The molecule has 0 aromatic carbocycles. The van der Waals surface area contributed by atoms with Gasteiger partial charge in [-0.25, -0.2) is 4.98 Å². The summed E-state index contributed by atoms with van der Waals surface area (Å²) in [5.74, 6) is 1.77. The lowest BCUT2D eigenvalue weighted by Crippen LogP contribution is -2.42. The van der Waals surface area contributed by atoms with E-state index in [0.717, 1.165) is 25.5 Å². The molecule has 2 rings (SSSR count). The Hall–Kier alpha value is -0.143. The van der Waals surface area contributed by atoms with Crippen LogP contribution in [-0.2, 0) is 4.43 Å². The molecule has 1 aliphatic rings. The van der Waals surface area contributed by atoms with Crippen LogP contribution >= 0.6 is 22.6 Å². The van der Waals surface area contributed by atoms with E-state index in [1.807, 2.05) is 6.20 Å². The maximum Gasteiger partial charge on any atom is 0.191 e. The number of pyridine rings is 1. The molecule has 0 N–H and O–H groups in total. The first-order valence-corrected chi connectivity index (χ1v) is 12.1. The summed E-state index contributed by atoms with van der Waals surface area (Å²) in [5, 5.41) is 0.291. The lowest BCUT2D eigenvalue weighted by atomic mass is 10.1. The van der Waals surface area contributed by atoms with Crippen molar-refractivity contribution in [1.29, 1.82) is 0 Å². The van der Waals surface area contributed by atoms with E-state index in [2.05, 4.69) is 79.3 Å². The first-order chi connectivity index (χ1) is 10.1. The van der Waals surface area contributed by atoms with E-state index in [1.54, 1.807) is 0 Å². The lowest BCUT2D eigenvalue weighted by Gasteiger charge is -2.37. The molecule has 5 heteroatoms. The Balaban J connectivity index is 1.93. The molecule has 3 nitrogen and oxygen atoms in total. The highest BCUT2D eigenvalue weighted by atomic mass is 127. The Morgan fingerprint density at radius 3 is 2.68 bits per heavy atom. The molecule has 0 saturated carbocycles. The highest BCUT2D eigenvalue weighted by molar-refractivity contribution is 14.1. The van der Waals surface area contributed by atoms with Gasteiger partial charge in [-0.15, -0.1) is 0 Å². The molecule has 22 heavy (non-hydrogen) atoms. The van der Waals surface area contributed by atoms with Crippen molar-refractivity contribution >= 4 is 36.7 Å². The third-order valence-corrected chi connectivity index (χ3v) is 10.3. The summed E-state index contributed by atoms with van der Waals surface area (Å²) in [6.07, 6.45) is 3.18. The smallest absolute Gasteiger partial charge is 0.191 e. The second-order valence-electron chi connectivity index (χ2n) is 7.99. The molecule has 0 radical (unpaired) electrons. The van der Waals surface area contributed by atoms with Gasteiger partial charge in [0.15, 0.2) is 8.32 Å². The molecule has 0 aliphatic carbocycles. The quantitative estimate of drug-likeness (QED) is 0.503. The zero-order chi connectivity index (χ0) is 16.5. The van der Waals surface area contributed by atoms with Crippen molar-refractivity contribution in [3.8, 4) is 0 Å². The van der Waals surface area contributed by atoms with Gasteiger partial charge in [-0.05, 0) is 65.7 Å². The van der Waals surface area contributed by atoms with Gasteiger partial charge < -0.3 is 9.33 Å². The van der Waals surface area contributed by atoms with Gasteiger partial charge >= 0.3 is 0 Å². The van der Waals surface area contributed by atoms with Crippen molar-refractivity contribution in [2.75, 3.05) is 24.6 Å². The fourth-order valence-electron chi connectivity index (χ4n) is 2.46. The number of halogens is 1. The largest absolute Gasteiger partial charge is 0.416 e. The van der Waals surface area contributed by atoms with E-state index in [4.69, 9.17) is 4.43 Å². The van der Waals surface area contributed by atoms with Crippen molar-refractivity contribution in [2.24, 2.45) is 5.92 Å². The average Bonchev–Trinajstić information content (AvgIpc) is 2.83. The van der Waals surface area contributed by atoms with Gasteiger partial charge in [0, 0.05) is 31.8 Å². The fraction of sp³-hybridized carbons (Fsp3) is 0.706. The number of nitrogens with zero attached hydrogens (tertiary/aromatic N) is 2. The molecule has 124 valence electrons. The number of anilines is 1. The number of aromatic nitrogens is 1. The first kappa shape index (κ1) is 18.2. The summed E-state index contributed by atoms with van der Waals surface area (Å²) in [6.45, 7) is 16.7. The van der Waals surface area contributed by atoms with E-state index in [9.17, 15) is 0 Å². The van der Waals surface area contributed by atoms with Gasteiger partial charge in [-0.3, -0.25) is 0 Å². The summed E-state index contributed by atoms with van der Waals surface area (Å²) in [7, 11) is -1.63. The molecule has 1 aliphatic heterocycles. The Labute approximate surface area is 150 Å². The molecule has 1 atom stereocenters. The zero-order valence-corrected chi connectivity index (χ0v) is 17.9. The molecule has 0 bridgehead atoms. The minimum absolute atomic E-state index is 0.291.